The van der Waals surface area contributed by atoms with Gasteiger partial charge in [-0.3, -0.25) is 4.79 Å². The molecule has 0 aromatic heterocycles. The van der Waals surface area contributed by atoms with Crippen molar-refractivity contribution in [3.63, 3.8) is 0 Å². The lowest BCUT2D eigenvalue weighted by Gasteiger charge is -2.29. The third-order valence-electron chi connectivity index (χ3n) is 3.95. The average Bonchev–Trinajstić information content (AvgIpc) is 3.30. The number of hydrogen-bond acceptors (Lipinski definition) is 4. The molecular weight excluding hydrogens is 292 g/mol. The summed E-state index contributed by atoms with van der Waals surface area (Å²) in [7, 11) is 3.07. The quantitative estimate of drug-likeness (QED) is 0.842. The Hall–Kier alpha value is -1.46. The number of nitrogens with one attached hydrogen (secondary N) is 1. The summed E-state index contributed by atoms with van der Waals surface area (Å²) < 4.78 is 10.5. The van der Waals surface area contributed by atoms with E-state index >= 15 is 0 Å². The van der Waals surface area contributed by atoms with E-state index in [0.29, 0.717) is 29.5 Å². The van der Waals surface area contributed by atoms with Crippen LogP contribution in [0, 0.1) is 5.92 Å². The maximum absolute atomic E-state index is 12.5. The first kappa shape index (κ1) is 17.6. The number of carbonyl (C=O) groups excluding carboxylic acids is 1. The van der Waals surface area contributed by atoms with Gasteiger partial charge in [0.15, 0.2) is 11.5 Å². The van der Waals surface area contributed by atoms with Crippen molar-refractivity contribution in [1.82, 2.24) is 5.32 Å². The van der Waals surface area contributed by atoms with E-state index in [1.807, 2.05) is 6.92 Å². The molecule has 1 unspecified atom stereocenters. The average molecular weight is 315 g/mol. The number of ether oxygens (including phenoxy) is 2. The summed E-state index contributed by atoms with van der Waals surface area (Å²) in [5.74, 6) is 1.28. The minimum atomic E-state index is -0.356. The van der Waals surface area contributed by atoms with Gasteiger partial charge in [-0.25, -0.2) is 0 Å². The molecule has 1 aromatic rings. The van der Waals surface area contributed by atoms with E-state index < -0.39 is 0 Å². The van der Waals surface area contributed by atoms with E-state index in [9.17, 15) is 4.79 Å². The lowest BCUT2D eigenvalue weighted by molar-refractivity contribution is 0.0894. The summed E-state index contributed by atoms with van der Waals surface area (Å²) in [6.45, 7) is 2.42. The summed E-state index contributed by atoms with van der Waals surface area (Å²) in [5.41, 5.74) is 5.94. The molecule has 0 spiro atoms. The first-order valence-electron chi connectivity index (χ1n) is 6.79. The lowest BCUT2D eigenvalue weighted by atomic mass is 9.95. The fraction of sp³-hybridized carbons (Fsp3) is 0.533. The number of methoxy groups -OCH3 is 2. The van der Waals surface area contributed by atoms with Crippen LogP contribution in [0.15, 0.2) is 18.2 Å². The van der Waals surface area contributed by atoms with Gasteiger partial charge in [-0.1, -0.05) is 6.07 Å². The maximum atomic E-state index is 12.5. The molecule has 1 atom stereocenters. The second-order valence-corrected chi connectivity index (χ2v) is 5.39. The Morgan fingerprint density at radius 3 is 2.52 bits per heavy atom. The van der Waals surface area contributed by atoms with Gasteiger partial charge in [0.05, 0.1) is 25.3 Å². The predicted molar refractivity (Wildman–Crippen MR) is 84.4 cm³/mol. The number of rotatable bonds is 6. The van der Waals surface area contributed by atoms with Crippen molar-refractivity contribution in [2.24, 2.45) is 11.7 Å². The van der Waals surface area contributed by atoms with Crippen LogP contribution in [0.3, 0.4) is 0 Å². The minimum Gasteiger partial charge on any atom is -0.493 e. The Morgan fingerprint density at radius 2 is 2.05 bits per heavy atom. The number of nitrogens with two attached hydrogens (primary N) is 1. The molecule has 0 radical (unpaired) electrons. The number of carbonyl (C=O) groups is 1. The highest BCUT2D eigenvalue weighted by molar-refractivity contribution is 5.98. The zero-order valence-electron chi connectivity index (χ0n) is 12.6. The van der Waals surface area contributed by atoms with Crippen molar-refractivity contribution >= 4 is 18.3 Å². The molecule has 0 bridgehead atoms. The zero-order valence-corrected chi connectivity index (χ0v) is 13.5. The second kappa shape index (κ2) is 7.00. The fourth-order valence-electron chi connectivity index (χ4n) is 2.43. The molecule has 0 saturated heterocycles. The lowest BCUT2D eigenvalue weighted by Crippen LogP contribution is -2.53. The van der Waals surface area contributed by atoms with Crippen molar-refractivity contribution < 1.29 is 14.3 Å². The van der Waals surface area contributed by atoms with E-state index in [2.05, 4.69) is 5.32 Å². The normalized spacial score (nSPS) is 16.4. The standard InChI is InChI=1S/C15H22N2O3.ClH/c1-15(9-16,10-7-8-10)17-14(18)11-5-4-6-12(19-2)13(11)20-3;/h4-6,10H,7-9,16H2,1-3H3,(H,17,18);1H. The van der Waals surface area contributed by atoms with Crippen LogP contribution >= 0.6 is 12.4 Å². The van der Waals surface area contributed by atoms with E-state index in [1.54, 1.807) is 25.3 Å². The third kappa shape index (κ3) is 3.60. The molecule has 1 aliphatic rings. The summed E-state index contributed by atoms with van der Waals surface area (Å²) in [6, 6.07) is 5.26. The molecule has 1 fully saturated rings. The molecule has 0 aliphatic heterocycles. The van der Waals surface area contributed by atoms with Crippen molar-refractivity contribution in [3.05, 3.63) is 23.8 Å². The van der Waals surface area contributed by atoms with Crippen LogP contribution < -0.4 is 20.5 Å². The number of hydrogen-bond donors (Lipinski definition) is 2. The van der Waals surface area contributed by atoms with Crippen LogP contribution in [-0.4, -0.2) is 32.2 Å². The Labute approximate surface area is 131 Å². The van der Waals surface area contributed by atoms with Gasteiger partial charge in [-0.05, 0) is 37.8 Å². The van der Waals surface area contributed by atoms with Crippen molar-refractivity contribution in [1.29, 1.82) is 0 Å². The molecule has 1 aromatic carbocycles. The number of benzene rings is 1. The Morgan fingerprint density at radius 1 is 1.38 bits per heavy atom. The van der Waals surface area contributed by atoms with E-state index in [4.69, 9.17) is 15.2 Å². The SMILES string of the molecule is COc1cccc(C(=O)NC(C)(CN)C2CC2)c1OC.Cl. The molecule has 0 heterocycles. The van der Waals surface area contributed by atoms with Crippen molar-refractivity contribution in [3.8, 4) is 11.5 Å². The van der Waals surface area contributed by atoms with Gasteiger partial charge in [0.1, 0.15) is 0 Å². The van der Waals surface area contributed by atoms with Crippen LogP contribution in [0.4, 0.5) is 0 Å². The summed E-state index contributed by atoms with van der Waals surface area (Å²) in [4.78, 5) is 12.5. The first-order valence-corrected chi connectivity index (χ1v) is 6.79. The van der Waals surface area contributed by atoms with Crippen LogP contribution in [0.5, 0.6) is 11.5 Å². The summed E-state index contributed by atoms with van der Waals surface area (Å²) >= 11 is 0. The summed E-state index contributed by atoms with van der Waals surface area (Å²) in [6.07, 6.45) is 2.23. The molecule has 118 valence electrons. The predicted octanol–water partition coefficient (Wildman–Crippen LogP) is 1.98. The van der Waals surface area contributed by atoms with E-state index in [1.165, 1.54) is 7.11 Å². The van der Waals surface area contributed by atoms with Crippen LogP contribution in [0.2, 0.25) is 0 Å². The van der Waals surface area contributed by atoms with Gasteiger partial charge in [0.2, 0.25) is 0 Å². The molecule has 1 aliphatic carbocycles. The zero-order chi connectivity index (χ0) is 14.8. The van der Waals surface area contributed by atoms with Crippen molar-refractivity contribution in [2.75, 3.05) is 20.8 Å². The van der Waals surface area contributed by atoms with Gasteiger partial charge in [0, 0.05) is 6.54 Å². The Bertz CT molecular complexity index is 506. The smallest absolute Gasteiger partial charge is 0.255 e. The van der Waals surface area contributed by atoms with Gasteiger partial charge >= 0.3 is 0 Å². The number of amides is 1. The highest BCUT2D eigenvalue weighted by Crippen LogP contribution is 2.39. The van der Waals surface area contributed by atoms with Crippen molar-refractivity contribution in [2.45, 2.75) is 25.3 Å². The Balaban J connectivity index is 0.00000220. The van der Waals surface area contributed by atoms with Gasteiger partial charge < -0.3 is 20.5 Å². The van der Waals surface area contributed by atoms with E-state index in [-0.39, 0.29) is 23.9 Å². The monoisotopic (exact) mass is 314 g/mol. The first-order chi connectivity index (χ1) is 9.55. The highest BCUT2D eigenvalue weighted by Gasteiger charge is 2.42. The van der Waals surface area contributed by atoms with Gasteiger partial charge in [0.25, 0.3) is 5.91 Å². The van der Waals surface area contributed by atoms with Crippen LogP contribution in [0.1, 0.15) is 30.1 Å². The second-order valence-electron chi connectivity index (χ2n) is 5.39. The molecular formula is C15H23ClN2O3. The third-order valence-corrected chi connectivity index (χ3v) is 3.95. The largest absolute Gasteiger partial charge is 0.493 e. The summed E-state index contributed by atoms with van der Waals surface area (Å²) in [5, 5.41) is 3.05. The molecule has 1 amide bonds. The van der Waals surface area contributed by atoms with Gasteiger partial charge in [-0.2, -0.15) is 0 Å². The molecule has 5 nitrogen and oxygen atoms in total. The molecule has 3 N–H and O–H groups in total. The molecule has 6 heteroatoms. The molecule has 2 rings (SSSR count). The highest BCUT2D eigenvalue weighted by atomic mass is 35.5. The van der Waals surface area contributed by atoms with E-state index in [0.717, 1.165) is 12.8 Å². The molecule has 1 saturated carbocycles. The minimum absolute atomic E-state index is 0. The number of para-hydroxylation sites is 1. The topological polar surface area (TPSA) is 73.6 Å². The Kier molecular flexibility index (Phi) is 5.87. The van der Waals surface area contributed by atoms with Gasteiger partial charge in [-0.15, -0.1) is 12.4 Å². The number of halogens is 1. The van der Waals surface area contributed by atoms with Crippen LogP contribution in [-0.2, 0) is 0 Å². The van der Waals surface area contributed by atoms with Crippen LogP contribution in [0.25, 0.3) is 0 Å². The fourth-order valence-corrected chi connectivity index (χ4v) is 2.43. The maximum Gasteiger partial charge on any atom is 0.255 e. The molecule has 21 heavy (non-hydrogen) atoms.